The van der Waals surface area contributed by atoms with Gasteiger partial charge in [-0.3, -0.25) is 9.52 Å². The summed E-state index contributed by atoms with van der Waals surface area (Å²) in [5, 5.41) is -0.629. The molecule has 0 amide bonds. The van der Waals surface area contributed by atoms with Gasteiger partial charge in [0.1, 0.15) is 5.69 Å². The highest BCUT2D eigenvalue weighted by Gasteiger charge is 2.34. The maximum Gasteiger partial charge on any atom is 0.417 e. The molecule has 0 unspecified atom stereocenters. The second-order valence-electron chi connectivity index (χ2n) is 5.99. The van der Waals surface area contributed by atoms with E-state index in [0.717, 1.165) is 24.4 Å². The van der Waals surface area contributed by atoms with E-state index in [1.165, 1.54) is 12.1 Å². The summed E-state index contributed by atoms with van der Waals surface area (Å²) in [5.74, 6) is -0.600. The summed E-state index contributed by atoms with van der Waals surface area (Å²) in [6, 6.07) is 11.2. The lowest BCUT2D eigenvalue weighted by molar-refractivity contribution is -0.137. The first-order valence-electron chi connectivity index (χ1n) is 8.14. The van der Waals surface area contributed by atoms with Crippen molar-refractivity contribution in [2.75, 3.05) is 4.72 Å². The number of nitrogens with one attached hydrogen (secondary N) is 1. The van der Waals surface area contributed by atoms with Crippen LogP contribution in [0.4, 0.5) is 18.9 Å². The lowest BCUT2D eigenvalue weighted by atomic mass is 10.1. The maximum atomic E-state index is 13.1. The first-order valence-corrected chi connectivity index (χ1v) is 10.4. The summed E-state index contributed by atoms with van der Waals surface area (Å²) in [5.41, 5.74) is -1.62. The lowest BCUT2D eigenvalue weighted by Crippen LogP contribution is -2.18. The van der Waals surface area contributed by atoms with Gasteiger partial charge in [0.05, 0.1) is 26.2 Å². The summed E-state index contributed by atoms with van der Waals surface area (Å²) < 4.78 is 66.8. The summed E-state index contributed by atoms with van der Waals surface area (Å²) in [6.07, 6.45) is -3.70. The molecule has 1 N–H and O–H groups in total. The van der Waals surface area contributed by atoms with Crippen LogP contribution >= 0.6 is 23.2 Å². The number of halogens is 5. The number of hydrogen-bond acceptors (Lipinski definition) is 4. The van der Waals surface area contributed by atoms with Crippen LogP contribution in [0, 0.1) is 0 Å². The predicted molar refractivity (Wildman–Crippen MR) is 106 cm³/mol. The zero-order valence-electron chi connectivity index (χ0n) is 14.7. The molecular formula is C19H11Cl2F3N2O3S. The molecule has 30 heavy (non-hydrogen) atoms. The third kappa shape index (κ3) is 4.75. The third-order valence-electron chi connectivity index (χ3n) is 3.90. The Morgan fingerprint density at radius 2 is 1.67 bits per heavy atom. The smallest absolute Gasteiger partial charge is 0.287 e. The molecule has 0 atom stereocenters. The highest BCUT2D eigenvalue weighted by Crippen LogP contribution is 2.36. The molecule has 3 rings (SSSR count). The Morgan fingerprint density at radius 3 is 2.30 bits per heavy atom. The van der Waals surface area contributed by atoms with E-state index >= 15 is 0 Å². The standard InChI is InChI=1S/C19H11Cl2F3N2O3S/c20-12-8-16(17(25-10-12)18(27)11-4-2-1-3-5-11)26-30(28,29)13-6-7-15(21)14(9-13)19(22,23)24/h1-10,26H. The zero-order chi connectivity index (χ0) is 22.1. The maximum absolute atomic E-state index is 13.1. The molecule has 0 saturated heterocycles. The topological polar surface area (TPSA) is 76.1 Å². The molecule has 11 heteroatoms. The largest absolute Gasteiger partial charge is 0.417 e. The minimum absolute atomic E-state index is 0.0180. The second-order valence-corrected chi connectivity index (χ2v) is 8.52. The van der Waals surface area contributed by atoms with Crippen molar-refractivity contribution in [3.05, 3.63) is 87.7 Å². The molecule has 0 aliphatic carbocycles. The number of carbonyl (C=O) groups excluding carboxylic acids is 1. The monoisotopic (exact) mass is 474 g/mol. The highest BCUT2D eigenvalue weighted by atomic mass is 35.5. The zero-order valence-corrected chi connectivity index (χ0v) is 17.1. The molecule has 0 aliphatic rings. The van der Waals surface area contributed by atoms with Gasteiger partial charge in [-0.05, 0) is 24.3 Å². The van der Waals surface area contributed by atoms with Crippen molar-refractivity contribution in [3.63, 3.8) is 0 Å². The van der Waals surface area contributed by atoms with Crippen molar-refractivity contribution in [1.82, 2.24) is 4.98 Å². The van der Waals surface area contributed by atoms with Crippen LogP contribution in [0.15, 0.2) is 65.7 Å². The van der Waals surface area contributed by atoms with Gasteiger partial charge in [0.15, 0.2) is 0 Å². The van der Waals surface area contributed by atoms with Crippen molar-refractivity contribution in [2.45, 2.75) is 11.1 Å². The van der Waals surface area contributed by atoms with Crippen LogP contribution in [0.2, 0.25) is 10.0 Å². The van der Waals surface area contributed by atoms with E-state index in [2.05, 4.69) is 9.71 Å². The second kappa shape index (κ2) is 8.25. The molecule has 2 aromatic carbocycles. The Kier molecular flexibility index (Phi) is 6.07. The molecule has 0 saturated carbocycles. The molecule has 0 aliphatic heterocycles. The molecule has 0 spiro atoms. The van der Waals surface area contributed by atoms with Crippen LogP contribution in [-0.2, 0) is 16.2 Å². The number of ketones is 1. The van der Waals surface area contributed by atoms with Crippen LogP contribution in [0.5, 0.6) is 0 Å². The first kappa shape index (κ1) is 22.1. The van der Waals surface area contributed by atoms with Crippen LogP contribution in [0.25, 0.3) is 0 Å². The fraction of sp³-hybridized carbons (Fsp3) is 0.0526. The van der Waals surface area contributed by atoms with Crippen LogP contribution in [-0.4, -0.2) is 19.2 Å². The Balaban J connectivity index is 2.04. The van der Waals surface area contributed by atoms with Gasteiger partial charge in [-0.2, -0.15) is 13.2 Å². The minimum atomic E-state index is -4.85. The normalized spacial score (nSPS) is 11.9. The summed E-state index contributed by atoms with van der Waals surface area (Å²) in [4.78, 5) is 15.9. The molecular weight excluding hydrogens is 464 g/mol. The SMILES string of the molecule is O=C(c1ccccc1)c1ncc(Cl)cc1NS(=O)(=O)c1ccc(Cl)c(C(F)(F)F)c1. The summed E-state index contributed by atoms with van der Waals surface area (Å²) >= 11 is 11.4. The van der Waals surface area contributed by atoms with E-state index in [1.54, 1.807) is 18.2 Å². The molecule has 1 heterocycles. The van der Waals surface area contributed by atoms with Crippen molar-refractivity contribution in [1.29, 1.82) is 0 Å². The molecule has 0 bridgehead atoms. The minimum Gasteiger partial charge on any atom is -0.287 e. The number of aromatic nitrogens is 1. The molecule has 1 aromatic heterocycles. The predicted octanol–water partition coefficient (Wildman–Crippen LogP) is 5.44. The van der Waals surface area contributed by atoms with Gasteiger partial charge in [-0.25, -0.2) is 13.4 Å². The number of nitrogens with zero attached hydrogens (tertiary/aromatic N) is 1. The van der Waals surface area contributed by atoms with E-state index in [4.69, 9.17) is 23.2 Å². The van der Waals surface area contributed by atoms with Gasteiger partial charge in [0.2, 0.25) is 5.78 Å². The number of carbonyl (C=O) groups is 1. The number of benzene rings is 2. The van der Waals surface area contributed by atoms with Gasteiger partial charge in [-0.15, -0.1) is 0 Å². The Morgan fingerprint density at radius 1 is 1.00 bits per heavy atom. The fourth-order valence-electron chi connectivity index (χ4n) is 2.52. The molecule has 0 radical (unpaired) electrons. The Hall–Kier alpha value is -2.62. The highest BCUT2D eigenvalue weighted by molar-refractivity contribution is 7.92. The van der Waals surface area contributed by atoms with Gasteiger partial charge in [-0.1, -0.05) is 53.5 Å². The van der Waals surface area contributed by atoms with E-state index < -0.39 is 37.5 Å². The van der Waals surface area contributed by atoms with Gasteiger partial charge in [0.25, 0.3) is 10.0 Å². The molecule has 3 aromatic rings. The number of hydrogen-bond donors (Lipinski definition) is 1. The first-order chi connectivity index (χ1) is 14.0. The number of pyridine rings is 1. The van der Waals surface area contributed by atoms with Gasteiger partial charge in [0, 0.05) is 11.8 Å². The molecule has 5 nitrogen and oxygen atoms in total. The van der Waals surface area contributed by atoms with Crippen molar-refractivity contribution in [3.8, 4) is 0 Å². The summed E-state index contributed by atoms with van der Waals surface area (Å²) in [6.45, 7) is 0. The van der Waals surface area contributed by atoms with Crippen LogP contribution in [0.1, 0.15) is 21.6 Å². The number of alkyl halides is 3. The van der Waals surface area contributed by atoms with Gasteiger partial charge < -0.3 is 0 Å². The Bertz CT molecular complexity index is 1220. The Labute approximate surface area is 179 Å². The van der Waals surface area contributed by atoms with E-state index in [1.807, 2.05) is 0 Å². The lowest BCUT2D eigenvalue weighted by Gasteiger charge is -2.14. The van der Waals surface area contributed by atoms with Crippen molar-refractivity contribution in [2.24, 2.45) is 0 Å². The average Bonchev–Trinajstić information content (AvgIpc) is 2.67. The summed E-state index contributed by atoms with van der Waals surface area (Å²) in [7, 11) is -4.53. The van der Waals surface area contributed by atoms with Crippen LogP contribution < -0.4 is 4.72 Å². The molecule has 156 valence electrons. The quantitative estimate of drug-likeness (QED) is 0.499. The van der Waals surface area contributed by atoms with Gasteiger partial charge >= 0.3 is 6.18 Å². The third-order valence-corrected chi connectivity index (χ3v) is 5.80. The number of rotatable bonds is 5. The van der Waals surface area contributed by atoms with E-state index in [0.29, 0.717) is 6.07 Å². The fourth-order valence-corrected chi connectivity index (χ4v) is 3.98. The van der Waals surface area contributed by atoms with Crippen molar-refractivity contribution < 1.29 is 26.4 Å². The number of sulfonamides is 1. The average molecular weight is 475 g/mol. The number of anilines is 1. The van der Waals surface area contributed by atoms with E-state index in [9.17, 15) is 26.4 Å². The van der Waals surface area contributed by atoms with Crippen molar-refractivity contribution >= 4 is 44.7 Å². The molecule has 0 fully saturated rings. The van der Waals surface area contributed by atoms with E-state index in [-0.39, 0.29) is 22.0 Å². The van der Waals surface area contributed by atoms with Crippen LogP contribution in [0.3, 0.4) is 0 Å².